The SMILES string of the molecule is CCOc1ccc(C(=O)O[C@H](C)C(=O)Nc2ccc3c(c2)CCC3)cc1OC. The van der Waals surface area contributed by atoms with Gasteiger partial charge in [0.25, 0.3) is 5.91 Å². The van der Waals surface area contributed by atoms with Crippen molar-refractivity contribution in [3.63, 3.8) is 0 Å². The third-order valence-corrected chi connectivity index (χ3v) is 4.72. The maximum absolute atomic E-state index is 12.4. The van der Waals surface area contributed by atoms with Crippen molar-refractivity contribution in [1.29, 1.82) is 0 Å². The lowest BCUT2D eigenvalue weighted by molar-refractivity contribution is -0.123. The minimum atomic E-state index is -0.932. The van der Waals surface area contributed by atoms with Gasteiger partial charge >= 0.3 is 5.97 Å². The van der Waals surface area contributed by atoms with E-state index in [0.717, 1.165) is 24.9 Å². The topological polar surface area (TPSA) is 73.9 Å². The maximum atomic E-state index is 12.4. The zero-order valence-corrected chi connectivity index (χ0v) is 16.4. The molecule has 2 aromatic carbocycles. The molecule has 1 N–H and O–H groups in total. The standard InChI is InChI=1S/C22H25NO5/c1-4-27-19-11-9-17(13-20(19)26-3)22(25)28-14(2)21(24)23-18-10-8-15-6-5-7-16(15)12-18/h8-14H,4-7H2,1-3H3,(H,23,24)/t14-/m1/s1. The number of carbonyl (C=O) groups is 2. The Kier molecular flexibility index (Phi) is 6.19. The molecule has 6 heteroatoms. The fourth-order valence-corrected chi connectivity index (χ4v) is 3.24. The molecule has 0 bridgehead atoms. The Bertz CT molecular complexity index is 877. The van der Waals surface area contributed by atoms with E-state index in [9.17, 15) is 9.59 Å². The molecule has 0 radical (unpaired) electrons. The second-order valence-corrected chi connectivity index (χ2v) is 6.67. The third-order valence-electron chi connectivity index (χ3n) is 4.72. The molecule has 0 aromatic heterocycles. The summed E-state index contributed by atoms with van der Waals surface area (Å²) < 4.78 is 16.0. The average molecular weight is 383 g/mol. The molecular weight excluding hydrogens is 358 g/mol. The van der Waals surface area contributed by atoms with E-state index in [4.69, 9.17) is 14.2 Å². The van der Waals surface area contributed by atoms with Crippen LogP contribution in [0.3, 0.4) is 0 Å². The molecule has 0 saturated carbocycles. The zero-order chi connectivity index (χ0) is 20.1. The van der Waals surface area contributed by atoms with Gasteiger partial charge in [0.1, 0.15) is 0 Å². The summed E-state index contributed by atoms with van der Waals surface area (Å²) in [5.74, 6) is 0.0117. The van der Waals surface area contributed by atoms with E-state index in [1.54, 1.807) is 25.1 Å². The van der Waals surface area contributed by atoms with Crippen LogP contribution in [0, 0.1) is 0 Å². The number of hydrogen-bond donors (Lipinski definition) is 1. The summed E-state index contributed by atoms with van der Waals surface area (Å²) >= 11 is 0. The first kappa shape index (κ1) is 19.7. The monoisotopic (exact) mass is 383 g/mol. The number of methoxy groups -OCH3 is 1. The molecule has 0 saturated heterocycles. The van der Waals surface area contributed by atoms with E-state index >= 15 is 0 Å². The maximum Gasteiger partial charge on any atom is 0.339 e. The van der Waals surface area contributed by atoms with Gasteiger partial charge in [-0.2, -0.15) is 0 Å². The van der Waals surface area contributed by atoms with Crippen molar-refractivity contribution in [3.8, 4) is 11.5 Å². The Morgan fingerprint density at radius 2 is 1.86 bits per heavy atom. The van der Waals surface area contributed by atoms with Crippen molar-refractivity contribution >= 4 is 17.6 Å². The fourth-order valence-electron chi connectivity index (χ4n) is 3.24. The molecule has 0 aliphatic heterocycles. The van der Waals surface area contributed by atoms with Gasteiger partial charge in [0, 0.05) is 5.69 Å². The number of hydrogen-bond acceptors (Lipinski definition) is 5. The average Bonchev–Trinajstić information content (AvgIpc) is 3.16. The van der Waals surface area contributed by atoms with Crippen LogP contribution in [0.4, 0.5) is 5.69 Å². The highest BCUT2D eigenvalue weighted by Gasteiger charge is 2.21. The van der Waals surface area contributed by atoms with Crippen molar-refractivity contribution < 1.29 is 23.8 Å². The molecule has 0 unspecified atom stereocenters. The first-order valence-corrected chi connectivity index (χ1v) is 9.46. The summed E-state index contributed by atoms with van der Waals surface area (Å²) in [4.78, 5) is 24.8. The number of anilines is 1. The molecule has 1 atom stereocenters. The molecule has 1 amide bonds. The molecule has 1 aliphatic carbocycles. The molecule has 0 fully saturated rings. The van der Waals surface area contributed by atoms with Crippen LogP contribution in [0.5, 0.6) is 11.5 Å². The summed E-state index contributed by atoms with van der Waals surface area (Å²) in [6, 6.07) is 10.7. The lowest BCUT2D eigenvalue weighted by atomic mass is 10.1. The van der Waals surface area contributed by atoms with E-state index < -0.39 is 12.1 Å². The van der Waals surface area contributed by atoms with Gasteiger partial charge in [-0.15, -0.1) is 0 Å². The second-order valence-electron chi connectivity index (χ2n) is 6.67. The van der Waals surface area contributed by atoms with Crippen LogP contribution in [-0.2, 0) is 22.4 Å². The van der Waals surface area contributed by atoms with Gasteiger partial charge in [-0.05, 0) is 74.6 Å². The van der Waals surface area contributed by atoms with E-state index in [1.165, 1.54) is 18.2 Å². The highest BCUT2D eigenvalue weighted by molar-refractivity contribution is 5.97. The van der Waals surface area contributed by atoms with E-state index in [0.29, 0.717) is 18.1 Å². The first-order chi connectivity index (χ1) is 13.5. The molecule has 0 spiro atoms. The number of carbonyl (C=O) groups excluding carboxylic acids is 2. The van der Waals surface area contributed by atoms with Crippen molar-refractivity contribution in [2.24, 2.45) is 0 Å². The van der Waals surface area contributed by atoms with Gasteiger partial charge in [-0.1, -0.05) is 6.07 Å². The molecule has 148 valence electrons. The van der Waals surface area contributed by atoms with Crippen LogP contribution in [0.1, 0.15) is 41.8 Å². The molecule has 3 rings (SSSR count). The van der Waals surface area contributed by atoms with Crippen LogP contribution >= 0.6 is 0 Å². The summed E-state index contributed by atoms with van der Waals surface area (Å²) in [5.41, 5.74) is 3.61. The fraction of sp³-hybridized carbons (Fsp3) is 0.364. The largest absolute Gasteiger partial charge is 0.493 e. The third kappa shape index (κ3) is 4.44. The molecule has 2 aromatic rings. The highest BCUT2D eigenvalue weighted by atomic mass is 16.5. The van der Waals surface area contributed by atoms with Crippen LogP contribution in [-0.4, -0.2) is 31.7 Å². The van der Waals surface area contributed by atoms with Crippen molar-refractivity contribution in [3.05, 3.63) is 53.1 Å². The van der Waals surface area contributed by atoms with Crippen molar-refractivity contribution in [1.82, 2.24) is 0 Å². The Labute approximate surface area is 164 Å². The van der Waals surface area contributed by atoms with Gasteiger partial charge in [0.05, 0.1) is 19.3 Å². The Hall–Kier alpha value is -3.02. The van der Waals surface area contributed by atoms with E-state index in [1.807, 2.05) is 25.1 Å². The Balaban J connectivity index is 1.62. The number of ether oxygens (including phenoxy) is 3. The Morgan fingerprint density at radius 3 is 2.61 bits per heavy atom. The van der Waals surface area contributed by atoms with Crippen molar-refractivity contribution in [2.45, 2.75) is 39.2 Å². The normalized spacial score (nSPS) is 13.4. The van der Waals surface area contributed by atoms with Gasteiger partial charge in [0.2, 0.25) is 0 Å². The number of amides is 1. The van der Waals surface area contributed by atoms with Crippen molar-refractivity contribution in [2.75, 3.05) is 19.0 Å². The lowest BCUT2D eigenvalue weighted by Gasteiger charge is -2.15. The summed E-state index contributed by atoms with van der Waals surface area (Å²) in [6.45, 7) is 3.90. The molecule has 6 nitrogen and oxygen atoms in total. The minimum Gasteiger partial charge on any atom is -0.493 e. The van der Waals surface area contributed by atoms with Gasteiger partial charge in [-0.3, -0.25) is 4.79 Å². The number of aryl methyl sites for hydroxylation is 2. The number of benzene rings is 2. The zero-order valence-electron chi connectivity index (χ0n) is 16.4. The van der Waals surface area contributed by atoms with E-state index in [-0.39, 0.29) is 11.5 Å². The highest BCUT2D eigenvalue weighted by Crippen LogP contribution is 2.28. The molecule has 1 aliphatic rings. The first-order valence-electron chi connectivity index (χ1n) is 9.46. The quantitative estimate of drug-likeness (QED) is 0.737. The second kappa shape index (κ2) is 8.78. The van der Waals surface area contributed by atoms with Gasteiger partial charge in [-0.25, -0.2) is 4.79 Å². The molecule has 0 heterocycles. The van der Waals surface area contributed by atoms with Crippen LogP contribution in [0.25, 0.3) is 0 Å². The summed E-state index contributed by atoms with van der Waals surface area (Å²) in [5, 5.41) is 2.82. The van der Waals surface area contributed by atoms with Crippen LogP contribution in [0.2, 0.25) is 0 Å². The van der Waals surface area contributed by atoms with Crippen LogP contribution < -0.4 is 14.8 Å². The Morgan fingerprint density at radius 1 is 1.07 bits per heavy atom. The smallest absolute Gasteiger partial charge is 0.339 e. The minimum absolute atomic E-state index is 0.289. The molecule has 28 heavy (non-hydrogen) atoms. The predicted molar refractivity (Wildman–Crippen MR) is 106 cm³/mol. The number of esters is 1. The van der Waals surface area contributed by atoms with E-state index in [2.05, 4.69) is 5.32 Å². The number of rotatable bonds is 7. The number of fused-ring (bicyclic) bond motifs is 1. The lowest BCUT2D eigenvalue weighted by Crippen LogP contribution is -2.30. The summed E-state index contributed by atoms with van der Waals surface area (Å²) in [6.07, 6.45) is 2.33. The van der Waals surface area contributed by atoms with Gasteiger partial charge < -0.3 is 19.5 Å². The van der Waals surface area contributed by atoms with Gasteiger partial charge in [0.15, 0.2) is 17.6 Å². The number of nitrogens with one attached hydrogen (secondary N) is 1. The molecular formula is C22H25NO5. The van der Waals surface area contributed by atoms with Crippen LogP contribution in [0.15, 0.2) is 36.4 Å². The predicted octanol–water partition coefficient (Wildman–Crippen LogP) is 3.77. The summed E-state index contributed by atoms with van der Waals surface area (Å²) in [7, 11) is 1.50.